The molecule has 2 N–H and O–H groups in total. The number of thioether (sulfide) groups is 1. The molecule has 1 aliphatic rings. The fourth-order valence-electron chi connectivity index (χ4n) is 2.64. The number of aryl methyl sites for hydroxylation is 1. The summed E-state index contributed by atoms with van der Waals surface area (Å²) in [4.78, 5) is 49.3. The minimum Gasteiger partial charge on any atom is -0.354 e. The number of hydrogen-bond acceptors (Lipinski definition) is 6. The van der Waals surface area contributed by atoms with Crippen molar-refractivity contribution in [1.82, 2.24) is 15.1 Å². The van der Waals surface area contributed by atoms with Gasteiger partial charge in [-0.25, -0.2) is 0 Å². The molecule has 2 aromatic rings. The Morgan fingerprint density at radius 3 is 2.56 bits per heavy atom. The number of hydrogen-bond donors (Lipinski definition) is 2. The van der Waals surface area contributed by atoms with Gasteiger partial charge in [-0.3, -0.25) is 23.9 Å². The quantitative estimate of drug-likeness (QED) is 0.807. The van der Waals surface area contributed by atoms with Crippen LogP contribution in [0.3, 0.4) is 0 Å². The van der Waals surface area contributed by atoms with Crippen LogP contribution in [0.4, 0.5) is 5.69 Å². The van der Waals surface area contributed by atoms with Gasteiger partial charge in [-0.1, -0.05) is 18.2 Å². The molecule has 2 amide bonds. The van der Waals surface area contributed by atoms with Gasteiger partial charge in [-0.05, 0) is 12.1 Å². The first-order valence-electron chi connectivity index (χ1n) is 8.00. The number of ketones is 2. The van der Waals surface area contributed by atoms with E-state index in [4.69, 9.17) is 0 Å². The van der Waals surface area contributed by atoms with E-state index in [1.165, 1.54) is 24.9 Å². The largest absolute Gasteiger partial charge is 0.354 e. The molecule has 1 aromatic heterocycles. The lowest BCUT2D eigenvalue weighted by Gasteiger charge is -2.12. The number of para-hydroxylation sites is 1. The number of anilines is 1. The number of rotatable bonds is 5. The Bertz CT molecular complexity index is 979. The average Bonchev–Trinajstić information content (AvgIpc) is 3.02. The third-order valence-electron chi connectivity index (χ3n) is 3.85. The van der Waals surface area contributed by atoms with Crippen molar-refractivity contribution in [2.45, 2.75) is 0 Å². The topological polar surface area (TPSA) is 110 Å². The summed E-state index contributed by atoms with van der Waals surface area (Å²) in [6.07, 6.45) is 1.18. The fraction of sp³-hybridized carbons (Fsp3) is 0.167. The molecular weight excluding hydrogens is 368 g/mol. The van der Waals surface area contributed by atoms with Crippen LogP contribution < -0.4 is 10.6 Å². The predicted octanol–water partition coefficient (Wildman–Crippen LogP) is 1.41. The molecule has 27 heavy (non-hydrogen) atoms. The second-order valence-electron chi connectivity index (χ2n) is 5.68. The van der Waals surface area contributed by atoms with Crippen molar-refractivity contribution in [2.75, 3.05) is 18.1 Å². The number of Topliss-reactive ketones (excluding diaryl/α,β-unsaturated/α-hetero) is 1. The average molecular weight is 384 g/mol. The van der Waals surface area contributed by atoms with Crippen LogP contribution in [0.1, 0.15) is 31.3 Å². The van der Waals surface area contributed by atoms with Gasteiger partial charge in [0.2, 0.25) is 17.5 Å². The van der Waals surface area contributed by atoms with Crippen LogP contribution in [0.15, 0.2) is 41.3 Å². The summed E-state index contributed by atoms with van der Waals surface area (Å²) in [7, 11) is 2.91. The Kier molecular flexibility index (Phi) is 5.22. The zero-order valence-electron chi connectivity index (χ0n) is 14.6. The van der Waals surface area contributed by atoms with Crippen molar-refractivity contribution in [2.24, 2.45) is 7.05 Å². The summed E-state index contributed by atoms with van der Waals surface area (Å²) in [5.41, 5.74) is 0.569. The third kappa shape index (κ3) is 3.68. The standard InChI is InChI=1S/C18H16N4O4S/c1-19-18(26)15-14-16(22(2)21-15)11(23)8-12(17(14)25)27-9-13(24)20-10-6-4-3-5-7-10/h3-8H,9H2,1-2H3,(H,19,26)(H,20,24). The van der Waals surface area contributed by atoms with Crippen LogP contribution in [0, 0.1) is 0 Å². The van der Waals surface area contributed by atoms with Crippen molar-refractivity contribution >= 4 is 40.8 Å². The van der Waals surface area contributed by atoms with Crippen molar-refractivity contribution in [3.63, 3.8) is 0 Å². The van der Waals surface area contributed by atoms with E-state index in [2.05, 4.69) is 15.7 Å². The first kappa shape index (κ1) is 18.6. The molecule has 0 atom stereocenters. The molecule has 1 aliphatic carbocycles. The molecule has 138 valence electrons. The van der Waals surface area contributed by atoms with Gasteiger partial charge in [-0.15, -0.1) is 11.8 Å². The lowest BCUT2D eigenvalue weighted by atomic mass is 9.99. The Balaban J connectivity index is 1.77. The van der Waals surface area contributed by atoms with Crippen molar-refractivity contribution in [3.8, 4) is 0 Å². The maximum Gasteiger partial charge on any atom is 0.272 e. The number of fused-ring (bicyclic) bond motifs is 1. The van der Waals surface area contributed by atoms with E-state index in [1.807, 2.05) is 6.07 Å². The van der Waals surface area contributed by atoms with Crippen LogP contribution in [0.5, 0.6) is 0 Å². The van der Waals surface area contributed by atoms with Gasteiger partial charge in [0.25, 0.3) is 5.91 Å². The number of amides is 2. The van der Waals surface area contributed by atoms with E-state index < -0.39 is 17.5 Å². The molecule has 0 saturated carbocycles. The zero-order valence-corrected chi connectivity index (χ0v) is 15.4. The molecule has 1 heterocycles. The van der Waals surface area contributed by atoms with Gasteiger partial charge in [0, 0.05) is 25.9 Å². The number of benzene rings is 1. The summed E-state index contributed by atoms with van der Waals surface area (Å²) in [5, 5.41) is 9.10. The first-order valence-corrected chi connectivity index (χ1v) is 8.98. The summed E-state index contributed by atoms with van der Waals surface area (Å²) >= 11 is 0.947. The molecule has 0 fully saturated rings. The lowest BCUT2D eigenvalue weighted by Crippen LogP contribution is -2.24. The monoisotopic (exact) mass is 384 g/mol. The third-order valence-corrected chi connectivity index (χ3v) is 4.87. The second kappa shape index (κ2) is 7.58. The second-order valence-corrected chi connectivity index (χ2v) is 6.70. The number of nitrogens with one attached hydrogen (secondary N) is 2. The molecule has 0 bridgehead atoms. The molecule has 3 rings (SSSR count). The zero-order chi connectivity index (χ0) is 19.6. The van der Waals surface area contributed by atoms with E-state index in [9.17, 15) is 19.2 Å². The minimum absolute atomic E-state index is 0.0321. The van der Waals surface area contributed by atoms with Gasteiger partial charge in [0.05, 0.1) is 16.2 Å². The molecule has 9 heteroatoms. The molecule has 0 unspecified atom stereocenters. The van der Waals surface area contributed by atoms with E-state index >= 15 is 0 Å². The maximum atomic E-state index is 12.8. The number of allylic oxidation sites excluding steroid dienone is 2. The van der Waals surface area contributed by atoms with E-state index in [0.717, 1.165) is 11.8 Å². The fourth-order valence-corrected chi connectivity index (χ4v) is 3.43. The van der Waals surface area contributed by atoms with Crippen LogP contribution in [-0.4, -0.2) is 46.0 Å². The van der Waals surface area contributed by atoms with E-state index in [1.54, 1.807) is 24.3 Å². The highest BCUT2D eigenvalue weighted by Crippen LogP contribution is 2.30. The normalized spacial score (nSPS) is 13.0. The number of carbonyl (C=O) groups is 4. The van der Waals surface area contributed by atoms with Crippen LogP contribution in [0.2, 0.25) is 0 Å². The van der Waals surface area contributed by atoms with Gasteiger partial charge in [0.1, 0.15) is 5.69 Å². The SMILES string of the molecule is CNC(=O)c1nn(C)c2c1C(=O)C(SCC(=O)Nc1ccccc1)=CC2=O. The van der Waals surface area contributed by atoms with Crippen molar-refractivity contribution < 1.29 is 19.2 Å². The predicted molar refractivity (Wildman–Crippen MR) is 101 cm³/mol. The molecule has 8 nitrogen and oxygen atoms in total. The maximum absolute atomic E-state index is 12.8. The number of nitrogens with zero attached hydrogens (tertiary/aromatic N) is 2. The first-order chi connectivity index (χ1) is 12.9. The molecule has 1 aromatic carbocycles. The Morgan fingerprint density at radius 2 is 1.89 bits per heavy atom. The molecule has 0 saturated heterocycles. The van der Waals surface area contributed by atoms with Crippen LogP contribution in [-0.2, 0) is 11.8 Å². The van der Waals surface area contributed by atoms with Crippen molar-refractivity contribution in [1.29, 1.82) is 0 Å². The summed E-state index contributed by atoms with van der Waals surface area (Å²) < 4.78 is 1.22. The number of aromatic nitrogens is 2. The smallest absolute Gasteiger partial charge is 0.272 e. The van der Waals surface area contributed by atoms with E-state index in [-0.39, 0.29) is 33.5 Å². The lowest BCUT2D eigenvalue weighted by molar-refractivity contribution is -0.113. The highest BCUT2D eigenvalue weighted by atomic mass is 32.2. The molecular formula is C18H16N4O4S. The minimum atomic E-state index is -0.555. The summed E-state index contributed by atoms with van der Waals surface area (Å²) in [6, 6.07) is 8.90. The van der Waals surface area contributed by atoms with Crippen LogP contribution in [0.25, 0.3) is 0 Å². The Hall–Kier alpha value is -3.20. The number of carbonyl (C=O) groups excluding carboxylic acids is 4. The summed E-state index contributed by atoms with van der Waals surface area (Å²) in [5.74, 6) is -1.84. The van der Waals surface area contributed by atoms with Gasteiger partial charge in [-0.2, -0.15) is 5.10 Å². The van der Waals surface area contributed by atoms with Crippen molar-refractivity contribution in [3.05, 3.63) is 58.3 Å². The summed E-state index contributed by atoms with van der Waals surface area (Å²) in [6.45, 7) is 0. The Labute approximate surface area is 159 Å². The molecule has 0 radical (unpaired) electrons. The van der Waals surface area contributed by atoms with E-state index in [0.29, 0.717) is 5.69 Å². The molecule has 0 aliphatic heterocycles. The Morgan fingerprint density at radius 1 is 1.19 bits per heavy atom. The van der Waals surface area contributed by atoms with Gasteiger partial charge >= 0.3 is 0 Å². The molecule has 0 spiro atoms. The van der Waals surface area contributed by atoms with Gasteiger partial charge < -0.3 is 10.6 Å². The van der Waals surface area contributed by atoms with Gasteiger partial charge in [0.15, 0.2) is 5.69 Å². The highest BCUT2D eigenvalue weighted by Gasteiger charge is 2.35. The highest BCUT2D eigenvalue weighted by molar-refractivity contribution is 8.04. The van der Waals surface area contributed by atoms with Crippen LogP contribution >= 0.6 is 11.8 Å².